The molecule has 17 rings (SSSR count). The average molecular weight is 937 g/mol. The summed E-state index contributed by atoms with van der Waals surface area (Å²) in [4.78, 5) is 55.4. The summed E-state index contributed by atoms with van der Waals surface area (Å²) in [6, 6.07) is 45.4. The SMILES string of the molecule is O=C1CC2CCC(CC2)C2CC(C3CCC(CC3)CC(=O)C(=O)CC3CCC(CC3)C3CC(C4CCC(CC4)CC1=O)C(c1ccccc1)C3c1ccccc1)C(c1ccccc1)C2c1ccccc1. The van der Waals surface area contributed by atoms with E-state index >= 15 is 0 Å². The second kappa shape index (κ2) is 21.7. The van der Waals surface area contributed by atoms with Crippen molar-refractivity contribution in [3.8, 4) is 0 Å². The molecular formula is C66H80O4. The normalized spacial score (nSPS) is 37.7. The minimum atomic E-state index is -0.0951. The Morgan fingerprint density at radius 2 is 0.429 bits per heavy atom. The quantitative estimate of drug-likeness (QED) is 0.191. The number of carbonyl (C=O) groups is 4. The molecule has 70 heavy (non-hydrogen) atoms. The van der Waals surface area contributed by atoms with Crippen LogP contribution in [0.5, 0.6) is 0 Å². The standard InChI is InChI=1S/C66H80O4/c67-59-37-43-21-29-47(30-22-43)55-41-56(64(52-15-7-2-8-16-52)63(55)51-13-5-1-6-14-51)48-31-23-44(24-32-48)38-60(68)62(70)40-46-27-35-50(36-28-46)58-42-57(49-33-25-45(26-34-49)39-61(59)69)65(53-17-9-3-10-18-53)66(58)54-19-11-4-12-20-54/h1-20,43-50,55-58,63-66H,21-42H2. The summed E-state index contributed by atoms with van der Waals surface area (Å²) >= 11 is 0. The van der Waals surface area contributed by atoms with Crippen LogP contribution < -0.4 is 0 Å². The first-order chi connectivity index (χ1) is 34.3. The first kappa shape index (κ1) is 47.9. The molecule has 0 aromatic heterocycles. The van der Waals surface area contributed by atoms with E-state index in [0.717, 1.165) is 103 Å². The van der Waals surface area contributed by atoms with Crippen molar-refractivity contribution in [1.29, 1.82) is 0 Å². The second-order valence-electron chi connectivity index (χ2n) is 24.5. The molecule has 0 spiro atoms. The smallest absolute Gasteiger partial charge is 0.198 e. The van der Waals surface area contributed by atoms with E-state index in [-0.39, 0.29) is 23.1 Å². The third-order valence-electron chi connectivity index (χ3n) is 21.0. The number of Topliss-reactive ketones (excluding diaryl/α,β-unsaturated/α-hetero) is 4. The van der Waals surface area contributed by atoms with Gasteiger partial charge in [-0.05, 0) is 233 Å². The van der Waals surface area contributed by atoms with Gasteiger partial charge in [-0.3, -0.25) is 19.2 Å². The van der Waals surface area contributed by atoms with E-state index in [4.69, 9.17) is 0 Å². The molecule has 13 aliphatic carbocycles. The van der Waals surface area contributed by atoms with Gasteiger partial charge in [0.25, 0.3) is 0 Å². The predicted molar refractivity (Wildman–Crippen MR) is 280 cm³/mol. The summed E-state index contributed by atoms with van der Waals surface area (Å²) in [5, 5.41) is 0. The van der Waals surface area contributed by atoms with Gasteiger partial charge < -0.3 is 0 Å². The Morgan fingerprint density at radius 3 is 0.614 bits per heavy atom. The maximum atomic E-state index is 13.8. The molecular weight excluding hydrogens is 857 g/mol. The Morgan fingerprint density at radius 1 is 0.243 bits per heavy atom. The molecule has 0 radical (unpaired) electrons. The Kier molecular flexibility index (Phi) is 14.9. The molecule has 4 aromatic rings. The predicted octanol–water partition coefficient (Wildman–Crippen LogP) is 15.5. The molecule has 0 amide bonds. The van der Waals surface area contributed by atoms with Crippen molar-refractivity contribution in [2.24, 2.45) is 71.0 Å². The molecule has 0 aliphatic heterocycles. The van der Waals surface area contributed by atoms with Gasteiger partial charge in [0.1, 0.15) is 0 Å². The van der Waals surface area contributed by atoms with Crippen LogP contribution in [0.25, 0.3) is 0 Å². The van der Waals surface area contributed by atoms with Crippen molar-refractivity contribution in [2.75, 3.05) is 0 Å². The molecule has 12 bridgehead atoms. The highest BCUT2D eigenvalue weighted by atomic mass is 16.2. The molecule has 368 valence electrons. The van der Waals surface area contributed by atoms with Crippen LogP contribution in [0.3, 0.4) is 0 Å². The topological polar surface area (TPSA) is 68.3 Å². The van der Waals surface area contributed by atoms with Crippen molar-refractivity contribution in [3.05, 3.63) is 144 Å². The van der Waals surface area contributed by atoms with Crippen molar-refractivity contribution < 1.29 is 19.2 Å². The van der Waals surface area contributed by atoms with Crippen molar-refractivity contribution in [3.63, 3.8) is 0 Å². The van der Waals surface area contributed by atoms with E-state index in [9.17, 15) is 19.2 Å². The number of hydrogen-bond acceptors (Lipinski definition) is 4. The molecule has 0 heterocycles. The number of hydrogen-bond donors (Lipinski definition) is 0. The highest BCUT2D eigenvalue weighted by molar-refractivity contribution is 6.37. The van der Waals surface area contributed by atoms with Gasteiger partial charge in [0.05, 0.1) is 0 Å². The van der Waals surface area contributed by atoms with Gasteiger partial charge in [-0.2, -0.15) is 0 Å². The average Bonchev–Trinajstić information content (AvgIpc) is 4.01. The van der Waals surface area contributed by atoms with Crippen molar-refractivity contribution in [2.45, 2.75) is 165 Å². The van der Waals surface area contributed by atoms with E-state index in [2.05, 4.69) is 121 Å². The van der Waals surface area contributed by atoms with E-state index in [1.165, 1.54) is 35.1 Å². The summed E-state index contributed by atoms with van der Waals surface area (Å²) in [6.45, 7) is 0. The molecule has 13 fully saturated rings. The van der Waals surface area contributed by atoms with Crippen molar-refractivity contribution >= 4 is 23.1 Å². The molecule has 4 nitrogen and oxygen atoms in total. The van der Waals surface area contributed by atoms with E-state index in [0.29, 0.717) is 120 Å². The molecule has 4 aromatic carbocycles. The maximum absolute atomic E-state index is 13.8. The molecule has 0 saturated heterocycles. The van der Waals surface area contributed by atoms with Crippen LogP contribution in [0.2, 0.25) is 0 Å². The first-order valence-corrected chi connectivity index (χ1v) is 28.7. The number of rotatable bonds is 4. The molecule has 8 unspecified atom stereocenters. The second-order valence-corrected chi connectivity index (χ2v) is 24.5. The zero-order valence-corrected chi connectivity index (χ0v) is 42.0. The van der Waals surface area contributed by atoms with E-state index < -0.39 is 0 Å². The molecule has 0 N–H and O–H groups in total. The largest absolute Gasteiger partial charge is 0.291 e. The summed E-state index contributed by atoms with van der Waals surface area (Å²) in [5.41, 5.74) is 5.87. The monoisotopic (exact) mass is 937 g/mol. The van der Waals surface area contributed by atoms with E-state index in [1.807, 2.05) is 0 Å². The highest BCUT2D eigenvalue weighted by Gasteiger charge is 2.52. The minimum Gasteiger partial charge on any atom is -0.291 e. The summed E-state index contributed by atoms with van der Waals surface area (Å²) in [5.74, 6) is 7.32. The van der Waals surface area contributed by atoms with Crippen LogP contribution in [0, 0.1) is 71.0 Å². The third-order valence-corrected chi connectivity index (χ3v) is 21.0. The van der Waals surface area contributed by atoms with Crippen LogP contribution in [-0.2, 0) is 19.2 Å². The number of benzene rings is 4. The lowest BCUT2D eigenvalue weighted by Crippen LogP contribution is -2.29. The Labute approximate surface area is 420 Å². The first-order valence-electron chi connectivity index (χ1n) is 28.7. The van der Waals surface area contributed by atoms with Crippen LogP contribution in [0.4, 0.5) is 0 Å². The molecule has 8 atom stereocenters. The van der Waals surface area contributed by atoms with Gasteiger partial charge >= 0.3 is 0 Å². The summed E-state index contributed by atoms with van der Waals surface area (Å²) in [6.07, 6.45) is 21.7. The lowest BCUT2D eigenvalue weighted by atomic mass is 9.67. The van der Waals surface area contributed by atoms with Gasteiger partial charge in [-0.1, -0.05) is 121 Å². The third kappa shape index (κ3) is 10.3. The van der Waals surface area contributed by atoms with Gasteiger partial charge in [-0.15, -0.1) is 0 Å². The van der Waals surface area contributed by atoms with Gasteiger partial charge in [0, 0.05) is 25.7 Å². The lowest BCUT2D eigenvalue weighted by molar-refractivity contribution is -0.138. The highest BCUT2D eigenvalue weighted by Crippen LogP contribution is 2.63. The number of ketones is 4. The van der Waals surface area contributed by atoms with Crippen LogP contribution in [0.15, 0.2) is 121 Å². The Hall–Kier alpha value is -4.44. The van der Waals surface area contributed by atoms with Crippen LogP contribution in [0.1, 0.15) is 187 Å². The summed E-state index contributed by atoms with van der Waals surface area (Å²) < 4.78 is 0. The van der Waals surface area contributed by atoms with Crippen LogP contribution in [-0.4, -0.2) is 23.1 Å². The zero-order chi connectivity index (χ0) is 47.6. The Balaban J connectivity index is 0.845. The van der Waals surface area contributed by atoms with Crippen LogP contribution >= 0.6 is 0 Å². The fourth-order valence-corrected chi connectivity index (χ4v) is 17.5. The minimum absolute atomic E-state index is 0.0951. The van der Waals surface area contributed by atoms with Gasteiger partial charge in [0.2, 0.25) is 0 Å². The Bertz CT molecular complexity index is 2030. The fraction of sp³-hybridized carbons (Fsp3) is 0.576. The fourth-order valence-electron chi connectivity index (χ4n) is 17.5. The van der Waals surface area contributed by atoms with E-state index in [1.54, 1.807) is 0 Å². The van der Waals surface area contributed by atoms with Gasteiger partial charge in [-0.25, -0.2) is 0 Å². The number of carbonyl (C=O) groups excluding carboxylic acids is 4. The van der Waals surface area contributed by atoms with Gasteiger partial charge in [0.15, 0.2) is 23.1 Å². The maximum Gasteiger partial charge on any atom is 0.198 e. The zero-order valence-electron chi connectivity index (χ0n) is 42.0. The van der Waals surface area contributed by atoms with Crippen molar-refractivity contribution in [1.82, 2.24) is 0 Å². The lowest BCUT2D eigenvalue weighted by Gasteiger charge is -2.37. The molecule has 13 aliphatic rings. The molecule has 13 saturated carbocycles. The molecule has 4 heteroatoms. The summed E-state index contributed by atoms with van der Waals surface area (Å²) in [7, 11) is 0.